The lowest BCUT2D eigenvalue weighted by Crippen LogP contribution is -2.12. The molecule has 0 fully saturated rings. The Morgan fingerprint density at radius 3 is 2.32 bits per heavy atom. The second kappa shape index (κ2) is 8.28. The van der Waals surface area contributed by atoms with E-state index in [-0.39, 0.29) is 6.04 Å². The molecule has 0 bridgehead atoms. The van der Waals surface area contributed by atoms with Gasteiger partial charge in [-0.1, -0.05) is 73.1 Å². The van der Waals surface area contributed by atoms with Crippen LogP contribution in [-0.2, 0) is 6.42 Å². The van der Waals surface area contributed by atoms with Crippen molar-refractivity contribution in [3.05, 3.63) is 101 Å². The molecule has 0 saturated carbocycles. The molecule has 1 atom stereocenters. The number of nitrogens with zero attached hydrogens (tertiary/aromatic N) is 2. The molecule has 28 heavy (non-hydrogen) atoms. The largest absolute Gasteiger partial charge is 0.418 e. The first-order chi connectivity index (χ1) is 13.7. The minimum Gasteiger partial charge on any atom is -0.418 e. The van der Waals surface area contributed by atoms with E-state index in [2.05, 4.69) is 46.7 Å². The molecule has 3 aromatic carbocycles. The monoisotopic (exact) mass is 389 g/mol. The number of aromatic nitrogens is 2. The molecule has 4 nitrogen and oxygen atoms in total. The van der Waals surface area contributed by atoms with Crippen molar-refractivity contribution >= 4 is 17.3 Å². The normalized spacial score (nSPS) is 11.9. The number of anilines is 1. The number of benzene rings is 3. The summed E-state index contributed by atoms with van der Waals surface area (Å²) in [4.78, 5) is 0. The van der Waals surface area contributed by atoms with Crippen LogP contribution in [0.15, 0.2) is 83.3 Å². The van der Waals surface area contributed by atoms with Gasteiger partial charge in [0.2, 0.25) is 11.8 Å². The van der Waals surface area contributed by atoms with E-state index in [9.17, 15) is 0 Å². The summed E-state index contributed by atoms with van der Waals surface area (Å²) in [5.41, 5.74) is 4.04. The Labute approximate surface area is 169 Å². The average molecular weight is 390 g/mol. The Balaban J connectivity index is 1.69. The summed E-state index contributed by atoms with van der Waals surface area (Å²) in [6, 6.07) is 25.6. The quantitative estimate of drug-likeness (QED) is 0.429. The van der Waals surface area contributed by atoms with Crippen LogP contribution in [0.2, 0.25) is 5.02 Å². The molecule has 4 rings (SSSR count). The van der Waals surface area contributed by atoms with Gasteiger partial charge in [-0.25, -0.2) is 0 Å². The van der Waals surface area contributed by atoms with Crippen LogP contribution in [0, 0.1) is 0 Å². The van der Waals surface area contributed by atoms with Gasteiger partial charge in [-0.05, 0) is 41.8 Å². The Morgan fingerprint density at radius 2 is 1.61 bits per heavy atom. The topological polar surface area (TPSA) is 51.0 Å². The Bertz CT molecular complexity index is 1040. The second-order valence-electron chi connectivity index (χ2n) is 6.46. The summed E-state index contributed by atoms with van der Waals surface area (Å²) in [5.74, 6) is 0.894. The summed E-state index contributed by atoms with van der Waals surface area (Å²) < 4.78 is 6.02. The van der Waals surface area contributed by atoms with Crippen molar-refractivity contribution in [2.24, 2.45) is 0 Å². The number of hydrogen-bond acceptors (Lipinski definition) is 4. The lowest BCUT2D eigenvalue weighted by atomic mass is 10.1. The van der Waals surface area contributed by atoms with E-state index in [1.807, 2.05) is 54.6 Å². The molecule has 1 aromatic heterocycles. The fourth-order valence-corrected chi connectivity index (χ4v) is 3.25. The van der Waals surface area contributed by atoms with Crippen molar-refractivity contribution in [3.8, 4) is 11.5 Å². The van der Waals surface area contributed by atoms with Gasteiger partial charge in [0.15, 0.2) is 0 Å². The minimum absolute atomic E-state index is 0.266. The van der Waals surface area contributed by atoms with Crippen LogP contribution in [0.5, 0.6) is 0 Å². The van der Waals surface area contributed by atoms with Crippen LogP contribution in [0.25, 0.3) is 11.5 Å². The summed E-state index contributed by atoms with van der Waals surface area (Å²) >= 11 is 6.28. The first-order valence-electron chi connectivity index (χ1n) is 9.23. The van der Waals surface area contributed by atoms with E-state index < -0.39 is 0 Å². The third-order valence-electron chi connectivity index (χ3n) is 4.60. The van der Waals surface area contributed by atoms with E-state index in [1.165, 1.54) is 5.56 Å². The molecule has 5 heteroatoms. The number of rotatable bonds is 6. The van der Waals surface area contributed by atoms with Gasteiger partial charge in [-0.15, -0.1) is 10.2 Å². The predicted octanol–water partition coefficient (Wildman–Crippen LogP) is 6.15. The molecule has 1 N–H and O–H groups in total. The summed E-state index contributed by atoms with van der Waals surface area (Å²) in [7, 11) is 0. The summed E-state index contributed by atoms with van der Waals surface area (Å²) in [6.07, 6.45) is 1.01. The van der Waals surface area contributed by atoms with Crippen LogP contribution < -0.4 is 5.32 Å². The van der Waals surface area contributed by atoms with Crippen molar-refractivity contribution in [1.82, 2.24) is 10.2 Å². The van der Waals surface area contributed by atoms with E-state index in [1.54, 1.807) is 0 Å². The molecule has 140 valence electrons. The highest BCUT2D eigenvalue weighted by molar-refractivity contribution is 6.33. The van der Waals surface area contributed by atoms with Gasteiger partial charge < -0.3 is 9.73 Å². The van der Waals surface area contributed by atoms with Crippen LogP contribution in [0.3, 0.4) is 0 Å². The average Bonchev–Trinajstić information content (AvgIpc) is 3.23. The van der Waals surface area contributed by atoms with Crippen molar-refractivity contribution in [2.45, 2.75) is 19.4 Å². The summed E-state index contributed by atoms with van der Waals surface area (Å²) in [6.45, 7) is 2.14. The van der Waals surface area contributed by atoms with Gasteiger partial charge in [-0.2, -0.15) is 0 Å². The van der Waals surface area contributed by atoms with E-state index in [0.29, 0.717) is 16.8 Å². The Kier molecular flexibility index (Phi) is 5.40. The van der Waals surface area contributed by atoms with Crippen LogP contribution >= 0.6 is 11.6 Å². The molecule has 0 spiro atoms. The Morgan fingerprint density at radius 1 is 0.893 bits per heavy atom. The smallest absolute Gasteiger partial charge is 0.249 e. The standard InChI is InChI=1S/C23H20ClN3O/c1-2-16-12-14-18(15-13-16)25-21(17-8-4-3-5-9-17)23-27-26-22(28-23)19-10-6-7-11-20(19)24/h3-15,21,25H,2H2,1H3/t21-/m1/s1. The lowest BCUT2D eigenvalue weighted by molar-refractivity contribution is 0.494. The van der Waals surface area contributed by atoms with Crippen molar-refractivity contribution in [1.29, 1.82) is 0 Å². The SMILES string of the molecule is CCc1ccc(N[C@H](c2ccccc2)c2nnc(-c3ccccc3Cl)o2)cc1. The fourth-order valence-electron chi connectivity index (χ4n) is 3.03. The maximum Gasteiger partial charge on any atom is 0.249 e. The fraction of sp³-hybridized carbons (Fsp3) is 0.130. The zero-order chi connectivity index (χ0) is 19.3. The molecule has 0 aliphatic rings. The van der Waals surface area contributed by atoms with Gasteiger partial charge in [-0.3, -0.25) is 0 Å². The van der Waals surface area contributed by atoms with Crippen LogP contribution in [0.4, 0.5) is 5.69 Å². The van der Waals surface area contributed by atoms with E-state index >= 15 is 0 Å². The minimum atomic E-state index is -0.266. The third-order valence-corrected chi connectivity index (χ3v) is 4.93. The predicted molar refractivity (Wildman–Crippen MR) is 112 cm³/mol. The van der Waals surface area contributed by atoms with Crippen LogP contribution in [0.1, 0.15) is 30.0 Å². The molecular weight excluding hydrogens is 370 g/mol. The van der Waals surface area contributed by atoms with Crippen molar-refractivity contribution < 1.29 is 4.42 Å². The highest BCUT2D eigenvalue weighted by atomic mass is 35.5. The third kappa shape index (κ3) is 3.92. The molecule has 0 saturated heterocycles. The first kappa shape index (κ1) is 18.3. The van der Waals surface area contributed by atoms with Gasteiger partial charge in [0.05, 0.1) is 10.6 Å². The van der Waals surface area contributed by atoms with Gasteiger partial charge in [0, 0.05) is 5.69 Å². The summed E-state index contributed by atoms with van der Waals surface area (Å²) in [5, 5.41) is 12.6. The first-order valence-corrected chi connectivity index (χ1v) is 9.61. The second-order valence-corrected chi connectivity index (χ2v) is 6.87. The molecular formula is C23H20ClN3O. The lowest BCUT2D eigenvalue weighted by Gasteiger charge is -2.17. The molecule has 0 amide bonds. The van der Waals surface area contributed by atoms with Crippen molar-refractivity contribution in [2.75, 3.05) is 5.32 Å². The number of aryl methyl sites for hydroxylation is 1. The Hall–Kier alpha value is -3.11. The highest BCUT2D eigenvalue weighted by Crippen LogP contribution is 2.31. The van der Waals surface area contributed by atoms with Gasteiger partial charge >= 0.3 is 0 Å². The van der Waals surface area contributed by atoms with E-state index in [0.717, 1.165) is 23.2 Å². The van der Waals surface area contributed by atoms with Gasteiger partial charge in [0.25, 0.3) is 0 Å². The highest BCUT2D eigenvalue weighted by Gasteiger charge is 2.22. The molecule has 0 aliphatic carbocycles. The molecule has 0 unspecified atom stereocenters. The van der Waals surface area contributed by atoms with E-state index in [4.69, 9.17) is 16.0 Å². The zero-order valence-electron chi connectivity index (χ0n) is 15.5. The molecule has 4 aromatic rings. The number of halogens is 1. The van der Waals surface area contributed by atoms with Crippen LogP contribution in [-0.4, -0.2) is 10.2 Å². The van der Waals surface area contributed by atoms with Crippen molar-refractivity contribution in [3.63, 3.8) is 0 Å². The number of nitrogens with one attached hydrogen (secondary N) is 1. The maximum absolute atomic E-state index is 6.28. The van der Waals surface area contributed by atoms with Gasteiger partial charge in [0.1, 0.15) is 6.04 Å². The maximum atomic E-state index is 6.28. The number of hydrogen-bond donors (Lipinski definition) is 1. The molecule has 0 radical (unpaired) electrons. The zero-order valence-corrected chi connectivity index (χ0v) is 16.2. The molecule has 0 aliphatic heterocycles. The molecule has 1 heterocycles.